The molecule has 2 bridgehead atoms. The summed E-state index contributed by atoms with van der Waals surface area (Å²) in [6.07, 6.45) is 3.30. The zero-order chi connectivity index (χ0) is 9.54. The van der Waals surface area contributed by atoms with E-state index in [4.69, 9.17) is 4.74 Å². The summed E-state index contributed by atoms with van der Waals surface area (Å²) in [6.45, 7) is 2.49. The van der Waals surface area contributed by atoms with Gasteiger partial charge in [0, 0.05) is 0 Å². The number of amides is 1. The summed E-state index contributed by atoms with van der Waals surface area (Å²) in [4.78, 5) is 14.1. The number of nitrogens with one attached hydrogen (secondary N) is 1. The summed E-state index contributed by atoms with van der Waals surface area (Å²) in [7, 11) is 0. The largest absolute Gasteiger partial charge is 0.377 e. The number of morpholine rings is 1. The first-order chi connectivity index (χ1) is 6.86. The molecule has 0 spiro atoms. The van der Waals surface area contributed by atoms with Gasteiger partial charge in [0.1, 0.15) is 0 Å². The van der Waals surface area contributed by atoms with Gasteiger partial charge in [0.05, 0.1) is 31.3 Å². The summed E-state index contributed by atoms with van der Waals surface area (Å²) in [5.41, 5.74) is 0. The SMILES string of the molecule is O=C([C@@H]1CCCN1)N1C2COCC1C2. The van der Waals surface area contributed by atoms with Gasteiger partial charge in [0.15, 0.2) is 0 Å². The summed E-state index contributed by atoms with van der Waals surface area (Å²) in [5, 5.41) is 3.26. The lowest BCUT2D eigenvalue weighted by Gasteiger charge is -2.53. The molecule has 3 rings (SSSR count). The lowest BCUT2D eigenvalue weighted by Crippen LogP contribution is -2.68. The third-order valence-electron chi connectivity index (χ3n) is 3.56. The molecule has 3 fully saturated rings. The minimum absolute atomic E-state index is 0.0957. The van der Waals surface area contributed by atoms with Crippen molar-refractivity contribution in [2.24, 2.45) is 0 Å². The van der Waals surface area contributed by atoms with Gasteiger partial charge in [-0.05, 0) is 25.8 Å². The zero-order valence-electron chi connectivity index (χ0n) is 8.24. The molecular formula is C10H16N2O2. The molecule has 0 aromatic carbocycles. The molecule has 3 heterocycles. The molecule has 4 nitrogen and oxygen atoms in total. The van der Waals surface area contributed by atoms with Gasteiger partial charge in [-0.2, -0.15) is 0 Å². The van der Waals surface area contributed by atoms with E-state index in [0.29, 0.717) is 18.0 Å². The van der Waals surface area contributed by atoms with Crippen LogP contribution in [0.5, 0.6) is 0 Å². The lowest BCUT2D eigenvalue weighted by molar-refractivity contribution is -0.169. The van der Waals surface area contributed by atoms with E-state index in [1.165, 1.54) is 0 Å². The topological polar surface area (TPSA) is 41.6 Å². The van der Waals surface area contributed by atoms with E-state index < -0.39 is 0 Å². The second kappa shape index (κ2) is 3.21. The van der Waals surface area contributed by atoms with Crippen molar-refractivity contribution in [2.45, 2.75) is 37.4 Å². The maximum Gasteiger partial charge on any atom is 0.240 e. The number of rotatable bonds is 1. The van der Waals surface area contributed by atoms with Gasteiger partial charge < -0.3 is 15.0 Å². The number of fused-ring (bicyclic) bond motifs is 2. The van der Waals surface area contributed by atoms with Crippen molar-refractivity contribution in [2.75, 3.05) is 19.8 Å². The van der Waals surface area contributed by atoms with Gasteiger partial charge >= 0.3 is 0 Å². The smallest absolute Gasteiger partial charge is 0.240 e. The van der Waals surface area contributed by atoms with Crippen LogP contribution in [0.2, 0.25) is 0 Å². The van der Waals surface area contributed by atoms with Crippen LogP contribution in [-0.2, 0) is 9.53 Å². The van der Waals surface area contributed by atoms with E-state index in [0.717, 1.165) is 39.0 Å². The Labute approximate surface area is 83.6 Å². The highest BCUT2D eigenvalue weighted by Gasteiger charge is 2.46. The van der Waals surface area contributed by atoms with E-state index in [9.17, 15) is 4.79 Å². The Morgan fingerprint density at radius 2 is 2.14 bits per heavy atom. The zero-order valence-corrected chi connectivity index (χ0v) is 8.24. The molecule has 1 N–H and O–H groups in total. The summed E-state index contributed by atoms with van der Waals surface area (Å²) < 4.78 is 5.36. The molecule has 3 saturated heterocycles. The van der Waals surface area contributed by atoms with Crippen molar-refractivity contribution >= 4 is 5.91 Å². The Balaban J connectivity index is 1.67. The standard InChI is InChI=1S/C10H16N2O2/c13-10(9-2-1-3-11-9)12-7-4-8(12)6-14-5-7/h7-9,11H,1-6H2/t7?,8?,9-/m0/s1. The third kappa shape index (κ3) is 1.17. The van der Waals surface area contributed by atoms with Crippen LogP contribution in [0.25, 0.3) is 0 Å². The van der Waals surface area contributed by atoms with Crippen molar-refractivity contribution in [3.63, 3.8) is 0 Å². The van der Waals surface area contributed by atoms with Crippen LogP contribution >= 0.6 is 0 Å². The fourth-order valence-electron chi connectivity index (χ4n) is 2.77. The number of carbonyl (C=O) groups excluding carboxylic acids is 1. The fraction of sp³-hybridized carbons (Fsp3) is 0.900. The summed E-state index contributed by atoms with van der Waals surface area (Å²) >= 11 is 0. The first-order valence-electron chi connectivity index (χ1n) is 5.49. The molecule has 0 aliphatic carbocycles. The second-order valence-corrected chi connectivity index (χ2v) is 4.48. The average Bonchev–Trinajstić information content (AvgIpc) is 2.71. The molecule has 0 aromatic rings. The lowest BCUT2D eigenvalue weighted by atomic mass is 9.90. The van der Waals surface area contributed by atoms with Crippen LogP contribution in [0.3, 0.4) is 0 Å². The molecule has 0 radical (unpaired) electrons. The number of ether oxygens (including phenoxy) is 1. The molecule has 78 valence electrons. The average molecular weight is 196 g/mol. The van der Waals surface area contributed by atoms with Crippen LogP contribution in [0.4, 0.5) is 0 Å². The highest BCUT2D eigenvalue weighted by Crippen LogP contribution is 2.32. The van der Waals surface area contributed by atoms with E-state index in [-0.39, 0.29) is 6.04 Å². The van der Waals surface area contributed by atoms with Crippen molar-refractivity contribution < 1.29 is 9.53 Å². The third-order valence-corrected chi connectivity index (χ3v) is 3.56. The quantitative estimate of drug-likeness (QED) is 0.628. The van der Waals surface area contributed by atoms with Crippen molar-refractivity contribution in [1.82, 2.24) is 10.2 Å². The Bertz CT molecular complexity index is 237. The molecule has 14 heavy (non-hydrogen) atoms. The molecule has 0 aromatic heterocycles. The number of nitrogens with zero attached hydrogens (tertiary/aromatic N) is 1. The number of hydrogen-bond acceptors (Lipinski definition) is 3. The maximum atomic E-state index is 12.0. The highest BCUT2D eigenvalue weighted by atomic mass is 16.5. The van der Waals surface area contributed by atoms with Gasteiger partial charge in [-0.15, -0.1) is 0 Å². The molecular weight excluding hydrogens is 180 g/mol. The first-order valence-corrected chi connectivity index (χ1v) is 5.49. The fourth-order valence-corrected chi connectivity index (χ4v) is 2.77. The van der Waals surface area contributed by atoms with E-state index in [1.807, 2.05) is 4.90 Å². The Kier molecular flexibility index (Phi) is 1.99. The van der Waals surface area contributed by atoms with E-state index in [1.54, 1.807) is 0 Å². The van der Waals surface area contributed by atoms with Gasteiger partial charge in [-0.1, -0.05) is 0 Å². The highest BCUT2D eigenvalue weighted by molar-refractivity contribution is 5.83. The molecule has 2 unspecified atom stereocenters. The Morgan fingerprint density at radius 1 is 1.36 bits per heavy atom. The first kappa shape index (κ1) is 8.68. The molecule has 1 amide bonds. The molecule has 4 heteroatoms. The summed E-state index contributed by atoms with van der Waals surface area (Å²) in [5.74, 6) is 0.312. The maximum absolute atomic E-state index is 12.0. The number of hydrogen-bond donors (Lipinski definition) is 1. The van der Waals surface area contributed by atoms with Crippen LogP contribution in [-0.4, -0.2) is 48.7 Å². The predicted molar refractivity (Wildman–Crippen MR) is 50.9 cm³/mol. The number of carbonyl (C=O) groups is 1. The van der Waals surface area contributed by atoms with Crippen LogP contribution in [0.15, 0.2) is 0 Å². The molecule has 3 aliphatic rings. The predicted octanol–water partition coefficient (Wildman–Crippen LogP) is -0.262. The normalized spacial score (nSPS) is 40.9. The van der Waals surface area contributed by atoms with Crippen molar-refractivity contribution in [3.05, 3.63) is 0 Å². The molecule has 3 atom stereocenters. The van der Waals surface area contributed by atoms with Crippen molar-refractivity contribution in [1.29, 1.82) is 0 Å². The monoisotopic (exact) mass is 196 g/mol. The summed E-state index contributed by atoms with van der Waals surface area (Å²) in [6, 6.07) is 0.852. The van der Waals surface area contributed by atoms with Gasteiger partial charge in [-0.25, -0.2) is 0 Å². The van der Waals surface area contributed by atoms with E-state index in [2.05, 4.69) is 5.32 Å². The van der Waals surface area contributed by atoms with Gasteiger partial charge in [0.2, 0.25) is 5.91 Å². The Morgan fingerprint density at radius 3 is 2.71 bits per heavy atom. The van der Waals surface area contributed by atoms with Crippen molar-refractivity contribution in [3.8, 4) is 0 Å². The minimum atomic E-state index is 0.0957. The van der Waals surface area contributed by atoms with Gasteiger partial charge in [-0.3, -0.25) is 4.79 Å². The van der Waals surface area contributed by atoms with Crippen LogP contribution in [0, 0.1) is 0 Å². The van der Waals surface area contributed by atoms with Crippen LogP contribution < -0.4 is 5.32 Å². The van der Waals surface area contributed by atoms with E-state index >= 15 is 0 Å². The second-order valence-electron chi connectivity index (χ2n) is 4.48. The molecule has 0 saturated carbocycles. The minimum Gasteiger partial charge on any atom is -0.377 e. The van der Waals surface area contributed by atoms with Gasteiger partial charge in [0.25, 0.3) is 0 Å². The Hall–Kier alpha value is -0.610. The molecule has 3 aliphatic heterocycles. The van der Waals surface area contributed by atoms with Crippen LogP contribution in [0.1, 0.15) is 19.3 Å².